The molecular weight excluding hydrogens is 244 g/mol. The predicted molar refractivity (Wildman–Crippen MR) is 76.7 cm³/mol. The van der Waals surface area contributed by atoms with Crippen molar-refractivity contribution in [3.05, 3.63) is 35.4 Å². The number of carbonyl (C=O) groups excluding carboxylic acids is 1. The minimum Gasteiger partial charge on any atom is -0.389 e. The molecule has 1 aliphatic rings. The summed E-state index contributed by atoms with van der Waals surface area (Å²) in [5.74, 6) is -0.0195. The van der Waals surface area contributed by atoms with Gasteiger partial charge in [-0.25, -0.2) is 0 Å². The zero-order chi connectivity index (χ0) is 13.2. The molecule has 96 valence electrons. The Kier molecular flexibility index (Phi) is 3.66. The van der Waals surface area contributed by atoms with Gasteiger partial charge in [0.05, 0.1) is 0 Å². The lowest BCUT2D eigenvalue weighted by molar-refractivity contribution is 0.0908. The van der Waals surface area contributed by atoms with Crippen molar-refractivity contribution in [2.75, 3.05) is 0 Å². The van der Waals surface area contributed by atoms with Gasteiger partial charge < -0.3 is 11.1 Å². The van der Waals surface area contributed by atoms with E-state index in [0.717, 1.165) is 18.4 Å². The highest BCUT2D eigenvalue weighted by atomic mass is 32.1. The smallest absolute Gasteiger partial charge is 0.251 e. The minimum absolute atomic E-state index is 0.0195. The van der Waals surface area contributed by atoms with Gasteiger partial charge in [-0.15, -0.1) is 0 Å². The van der Waals surface area contributed by atoms with Crippen molar-refractivity contribution >= 4 is 23.1 Å². The summed E-state index contributed by atoms with van der Waals surface area (Å²) in [7, 11) is 0. The van der Waals surface area contributed by atoms with Gasteiger partial charge in [0.1, 0.15) is 4.99 Å². The molecule has 18 heavy (non-hydrogen) atoms. The lowest BCUT2D eigenvalue weighted by Crippen LogP contribution is -2.43. The van der Waals surface area contributed by atoms with Gasteiger partial charge in [-0.1, -0.05) is 37.2 Å². The second-order valence-electron chi connectivity index (χ2n) is 5.16. The third-order valence-corrected chi connectivity index (χ3v) is 3.79. The van der Waals surface area contributed by atoms with Crippen LogP contribution in [-0.2, 0) is 0 Å². The van der Waals surface area contributed by atoms with E-state index in [-0.39, 0.29) is 11.4 Å². The first-order valence-corrected chi connectivity index (χ1v) is 6.63. The van der Waals surface area contributed by atoms with Gasteiger partial charge in [0.2, 0.25) is 0 Å². The first-order valence-electron chi connectivity index (χ1n) is 6.23. The monoisotopic (exact) mass is 262 g/mol. The fraction of sp³-hybridized carbons (Fsp3) is 0.429. The number of thiocarbonyl (C=S) groups is 1. The third kappa shape index (κ3) is 2.88. The van der Waals surface area contributed by atoms with Crippen LogP contribution in [0.2, 0.25) is 0 Å². The van der Waals surface area contributed by atoms with Crippen molar-refractivity contribution in [3.63, 3.8) is 0 Å². The Hall–Kier alpha value is -1.42. The molecule has 0 saturated heterocycles. The maximum absolute atomic E-state index is 12.1. The van der Waals surface area contributed by atoms with E-state index in [4.69, 9.17) is 18.0 Å². The van der Waals surface area contributed by atoms with E-state index in [1.807, 2.05) is 0 Å². The molecule has 4 heteroatoms. The van der Waals surface area contributed by atoms with Crippen LogP contribution in [-0.4, -0.2) is 16.4 Å². The maximum atomic E-state index is 12.1. The van der Waals surface area contributed by atoms with E-state index >= 15 is 0 Å². The van der Waals surface area contributed by atoms with Crippen molar-refractivity contribution in [1.29, 1.82) is 0 Å². The second kappa shape index (κ2) is 5.06. The summed E-state index contributed by atoms with van der Waals surface area (Å²) in [4.78, 5) is 12.5. The number of rotatable bonds is 3. The Balaban J connectivity index is 2.07. The van der Waals surface area contributed by atoms with Crippen LogP contribution in [0, 0.1) is 0 Å². The van der Waals surface area contributed by atoms with E-state index in [1.54, 1.807) is 24.3 Å². The fourth-order valence-electron chi connectivity index (χ4n) is 2.41. The van der Waals surface area contributed by atoms with Gasteiger partial charge in [0.25, 0.3) is 5.91 Å². The first-order chi connectivity index (χ1) is 8.50. The molecule has 0 aromatic heterocycles. The Morgan fingerprint density at radius 2 is 1.72 bits per heavy atom. The molecule has 0 aliphatic heterocycles. The number of nitrogens with one attached hydrogen (secondary N) is 1. The number of carbonyl (C=O) groups is 1. The van der Waals surface area contributed by atoms with Gasteiger partial charge in [-0.3, -0.25) is 4.79 Å². The molecule has 0 bridgehead atoms. The number of amides is 1. The lowest BCUT2D eigenvalue weighted by atomic mass is 10.00. The number of nitrogens with two attached hydrogens (primary N) is 1. The summed E-state index contributed by atoms with van der Waals surface area (Å²) in [6.45, 7) is 2.11. The second-order valence-corrected chi connectivity index (χ2v) is 5.60. The molecule has 1 fully saturated rings. The van der Waals surface area contributed by atoms with E-state index in [1.165, 1.54) is 12.8 Å². The molecule has 2 rings (SSSR count). The number of hydrogen-bond acceptors (Lipinski definition) is 2. The fourth-order valence-corrected chi connectivity index (χ4v) is 2.55. The Morgan fingerprint density at radius 1 is 1.22 bits per heavy atom. The number of benzene rings is 1. The zero-order valence-corrected chi connectivity index (χ0v) is 11.3. The molecule has 0 radical (unpaired) electrons. The van der Waals surface area contributed by atoms with Crippen LogP contribution >= 0.6 is 12.2 Å². The third-order valence-electron chi connectivity index (χ3n) is 3.55. The summed E-state index contributed by atoms with van der Waals surface area (Å²) in [5.41, 5.74) is 6.92. The van der Waals surface area contributed by atoms with Crippen LogP contribution in [0.15, 0.2) is 24.3 Å². The Labute approximate surface area is 113 Å². The highest BCUT2D eigenvalue weighted by Gasteiger charge is 2.30. The quantitative estimate of drug-likeness (QED) is 0.822. The van der Waals surface area contributed by atoms with E-state index < -0.39 is 0 Å². The van der Waals surface area contributed by atoms with Gasteiger partial charge >= 0.3 is 0 Å². The van der Waals surface area contributed by atoms with E-state index in [9.17, 15) is 4.79 Å². The number of hydrogen-bond donors (Lipinski definition) is 2. The normalized spacial score (nSPS) is 17.4. The molecule has 1 amide bonds. The summed E-state index contributed by atoms with van der Waals surface area (Å²) in [6.07, 6.45) is 4.50. The van der Waals surface area contributed by atoms with Crippen LogP contribution in [0.4, 0.5) is 0 Å². The van der Waals surface area contributed by atoms with Gasteiger partial charge in [0.15, 0.2) is 0 Å². The Morgan fingerprint density at radius 3 is 2.22 bits per heavy atom. The summed E-state index contributed by atoms with van der Waals surface area (Å²) >= 11 is 4.88. The highest BCUT2D eigenvalue weighted by molar-refractivity contribution is 7.80. The molecule has 0 unspecified atom stereocenters. The zero-order valence-electron chi connectivity index (χ0n) is 10.5. The topological polar surface area (TPSA) is 55.1 Å². The van der Waals surface area contributed by atoms with Crippen molar-refractivity contribution in [2.45, 2.75) is 38.1 Å². The van der Waals surface area contributed by atoms with Crippen LogP contribution in [0.1, 0.15) is 48.5 Å². The Bertz CT molecular complexity index is 461. The highest BCUT2D eigenvalue weighted by Crippen LogP contribution is 2.29. The van der Waals surface area contributed by atoms with Crippen molar-refractivity contribution in [1.82, 2.24) is 5.32 Å². The van der Waals surface area contributed by atoms with Gasteiger partial charge in [-0.2, -0.15) is 0 Å². The molecule has 1 aliphatic carbocycles. The maximum Gasteiger partial charge on any atom is 0.251 e. The van der Waals surface area contributed by atoms with Gasteiger partial charge in [0, 0.05) is 16.7 Å². The lowest BCUT2D eigenvalue weighted by Gasteiger charge is -2.25. The SMILES string of the molecule is CC1(NC(=O)c2ccc(C(N)=S)cc2)CCCC1. The van der Waals surface area contributed by atoms with E-state index in [0.29, 0.717) is 10.6 Å². The van der Waals surface area contributed by atoms with Crippen molar-refractivity contribution in [2.24, 2.45) is 5.73 Å². The molecule has 3 nitrogen and oxygen atoms in total. The summed E-state index contributed by atoms with van der Waals surface area (Å²) in [5, 5.41) is 3.12. The standard InChI is InChI=1S/C14H18N2OS/c1-14(8-2-3-9-14)16-13(17)11-6-4-10(5-7-11)12(15)18/h4-7H,2-3,8-9H2,1H3,(H2,15,18)(H,16,17). The average molecular weight is 262 g/mol. The summed E-state index contributed by atoms with van der Waals surface area (Å²) < 4.78 is 0. The van der Waals surface area contributed by atoms with Crippen LogP contribution in [0.25, 0.3) is 0 Å². The van der Waals surface area contributed by atoms with Crippen LogP contribution in [0.3, 0.4) is 0 Å². The van der Waals surface area contributed by atoms with Gasteiger partial charge in [-0.05, 0) is 31.9 Å². The van der Waals surface area contributed by atoms with Crippen molar-refractivity contribution < 1.29 is 4.79 Å². The molecule has 0 heterocycles. The minimum atomic E-state index is -0.0427. The van der Waals surface area contributed by atoms with Crippen LogP contribution < -0.4 is 11.1 Å². The average Bonchev–Trinajstić information content (AvgIpc) is 2.76. The van der Waals surface area contributed by atoms with E-state index in [2.05, 4.69) is 12.2 Å². The molecule has 1 saturated carbocycles. The molecular formula is C14H18N2OS. The molecule has 0 spiro atoms. The molecule has 1 aromatic carbocycles. The molecule has 3 N–H and O–H groups in total. The van der Waals surface area contributed by atoms with Crippen molar-refractivity contribution in [3.8, 4) is 0 Å². The predicted octanol–water partition coefficient (Wildman–Crippen LogP) is 2.38. The molecule has 0 atom stereocenters. The van der Waals surface area contributed by atoms with Crippen LogP contribution in [0.5, 0.6) is 0 Å². The largest absolute Gasteiger partial charge is 0.389 e. The molecule has 1 aromatic rings. The first kappa shape index (κ1) is 13.0. The summed E-state index contributed by atoms with van der Waals surface area (Å²) in [6, 6.07) is 7.10.